The molecule has 1 fully saturated rings. The molecule has 1 heterocycles. The fourth-order valence-electron chi connectivity index (χ4n) is 3.37. The first kappa shape index (κ1) is 15.5. The molecule has 0 atom stereocenters. The van der Waals surface area contributed by atoms with Crippen LogP contribution in [0, 0.1) is 0 Å². The minimum absolute atomic E-state index is 0.0836. The minimum Gasteiger partial charge on any atom is -0.367 e. The third-order valence-electron chi connectivity index (χ3n) is 3.64. The summed E-state index contributed by atoms with van der Waals surface area (Å²) in [5.41, 5.74) is 2.63. The molecule has 1 saturated heterocycles. The molecule has 0 amide bonds. The molecule has 1 aromatic rings. The Morgan fingerprint density at radius 1 is 1.05 bits per heavy atom. The number of nitrogens with one attached hydrogen (secondary N) is 1. The predicted octanol–water partition coefficient (Wildman–Crippen LogP) is 2.80. The maximum atomic E-state index is 6.15. The molecule has 0 spiro atoms. The maximum absolute atomic E-state index is 6.15. The standard InChI is InChI=1S/C17H28N2O/c1-16(2)12-19(13-17(3,4)20-16)11-15-9-7-6-8-14(15)10-18-5/h6-9,18H,10-13H2,1-5H3. The van der Waals surface area contributed by atoms with Gasteiger partial charge in [-0.05, 0) is 45.9 Å². The van der Waals surface area contributed by atoms with Crippen LogP contribution < -0.4 is 5.32 Å². The van der Waals surface area contributed by atoms with Crippen LogP contribution in [-0.4, -0.2) is 36.2 Å². The SMILES string of the molecule is CNCc1ccccc1CN1CC(C)(C)OC(C)(C)C1. The summed E-state index contributed by atoms with van der Waals surface area (Å²) in [5.74, 6) is 0. The lowest BCUT2D eigenvalue weighted by molar-refractivity contribution is -0.182. The van der Waals surface area contributed by atoms with Gasteiger partial charge in [-0.2, -0.15) is 0 Å². The van der Waals surface area contributed by atoms with Crippen molar-refractivity contribution in [1.29, 1.82) is 0 Å². The highest BCUT2D eigenvalue weighted by Gasteiger charge is 2.37. The van der Waals surface area contributed by atoms with Crippen molar-refractivity contribution in [2.45, 2.75) is 52.0 Å². The molecule has 1 aromatic carbocycles. The zero-order valence-corrected chi connectivity index (χ0v) is 13.5. The van der Waals surface area contributed by atoms with Crippen LogP contribution in [0.2, 0.25) is 0 Å². The van der Waals surface area contributed by atoms with E-state index in [1.807, 2.05) is 7.05 Å². The third kappa shape index (κ3) is 4.05. The summed E-state index contributed by atoms with van der Waals surface area (Å²) in [6.45, 7) is 12.6. The number of hydrogen-bond acceptors (Lipinski definition) is 3. The van der Waals surface area contributed by atoms with Gasteiger partial charge < -0.3 is 10.1 Å². The van der Waals surface area contributed by atoms with Gasteiger partial charge in [0.1, 0.15) is 0 Å². The van der Waals surface area contributed by atoms with Gasteiger partial charge in [0.15, 0.2) is 0 Å². The Balaban J connectivity index is 2.13. The summed E-state index contributed by atoms with van der Waals surface area (Å²) in [6, 6.07) is 8.69. The molecule has 0 bridgehead atoms. The second-order valence-corrected chi connectivity index (χ2v) is 7.07. The molecule has 1 aliphatic heterocycles. The Morgan fingerprint density at radius 3 is 2.15 bits per heavy atom. The van der Waals surface area contributed by atoms with Crippen molar-refractivity contribution >= 4 is 0 Å². The van der Waals surface area contributed by atoms with Crippen LogP contribution in [0.1, 0.15) is 38.8 Å². The van der Waals surface area contributed by atoms with Gasteiger partial charge in [-0.25, -0.2) is 0 Å². The lowest BCUT2D eigenvalue weighted by atomic mass is 9.97. The Hall–Kier alpha value is -0.900. The number of nitrogens with zero attached hydrogens (tertiary/aromatic N) is 1. The first-order valence-corrected chi connectivity index (χ1v) is 7.45. The van der Waals surface area contributed by atoms with E-state index in [4.69, 9.17) is 4.74 Å². The molecule has 2 rings (SSSR count). The molecule has 0 saturated carbocycles. The van der Waals surface area contributed by atoms with E-state index in [1.165, 1.54) is 11.1 Å². The van der Waals surface area contributed by atoms with Crippen molar-refractivity contribution < 1.29 is 4.74 Å². The molecule has 0 radical (unpaired) electrons. The maximum Gasteiger partial charge on any atom is 0.0760 e. The molecule has 0 aliphatic carbocycles. The van der Waals surface area contributed by atoms with Crippen molar-refractivity contribution in [3.05, 3.63) is 35.4 Å². The highest BCUT2D eigenvalue weighted by atomic mass is 16.5. The first-order valence-electron chi connectivity index (χ1n) is 7.45. The smallest absolute Gasteiger partial charge is 0.0760 e. The normalized spacial score (nSPS) is 21.9. The highest BCUT2D eigenvalue weighted by molar-refractivity contribution is 5.27. The van der Waals surface area contributed by atoms with E-state index in [0.717, 1.165) is 26.2 Å². The summed E-state index contributed by atoms with van der Waals surface area (Å²) >= 11 is 0. The Labute approximate surface area is 123 Å². The van der Waals surface area contributed by atoms with E-state index in [2.05, 4.69) is 62.2 Å². The van der Waals surface area contributed by atoms with Gasteiger partial charge in [-0.1, -0.05) is 24.3 Å². The molecular weight excluding hydrogens is 248 g/mol. The average molecular weight is 276 g/mol. The van der Waals surface area contributed by atoms with Gasteiger partial charge in [0.2, 0.25) is 0 Å². The zero-order valence-electron chi connectivity index (χ0n) is 13.5. The lowest BCUT2D eigenvalue weighted by Crippen LogP contribution is -2.56. The fraction of sp³-hybridized carbons (Fsp3) is 0.647. The third-order valence-corrected chi connectivity index (χ3v) is 3.64. The number of ether oxygens (including phenoxy) is 1. The van der Waals surface area contributed by atoms with E-state index in [1.54, 1.807) is 0 Å². The first-order chi connectivity index (χ1) is 9.31. The lowest BCUT2D eigenvalue weighted by Gasteiger charge is -2.47. The largest absolute Gasteiger partial charge is 0.367 e. The van der Waals surface area contributed by atoms with E-state index < -0.39 is 0 Å². The Kier molecular flexibility index (Phi) is 4.52. The highest BCUT2D eigenvalue weighted by Crippen LogP contribution is 2.29. The van der Waals surface area contributed by atoms with Gasteiger partial charge >= 0.3 is 0 Å². The molecule has 3 heteroatoms. The zero-order chi connectivity index (χ0) is 14.8. The summed E-state index contributed by atoms with van der Waals surface area (Å²) < 4.78 is 6.15. The van der Waals surface area contributed by atoms with Crippen LogP contribution in [0.3, 0.4) is 0 Å². The van der Waals surface area contributed by atoms with Crippen LogP contribution in [0.25, 0.3) is 0 Å². The van der Waals surface area contributed by atoms with E-state index in [0.29, 0.717) is 0 Å². The molecule has 3 nitrogen and oxygen atoms in total. The van der Waals surface area contributed by atoms with Crippen LogP contribution in [-0.2, 0) is 17.8 Å². The van der Waals surface area contributed by atoms with Gasteiger partial charge in [0.05, 0.1) is 11.2 Å². The number of benzene rings is 1. The summed E-state index contributed by atoms with van der Waals surface area (Å²) in [5, 5.41) is 3.25. The van der Waals surface area contributed by atoms with Gasteiger partial charge in [0, 0.05) is 26.2 Å². The summed E-state index contributed by atoms with van der Waals surface area (Å²) in [7, 11) is 2.00. The average Bonchev–Trinajstić information content (AvgIpc) is 2.27. The summed E-state index contributed by atoms with van der Waals surface area (Å²) in [4.78, 5) is 2.51. The summed E-state index contributed by atoms with van der Waals surface area (Å²) in [6.07, 6.45) is 0. The number of rotatable bonds is 4. The minimum atomic E-state index is -0.0836. The quantitative estimate of drug-likeness (QED) is 0.915. The second-order valence-electron chi connectivity index (χ2n) is 7.07. The molecule has 1 N–H and O–H groups in total. The van der Waals surface area contributed by atoms with Crippen molar-refractivity contribution in [2.24, 2.45) is 0 Å². The van der Waals surface area contributed by atoms with Gasteiger partial charge in [0.25, 0.3) is 0 Å². The van der Waals surface area contributed by atoms with Crippen LogP contribution in [0.15, 0.2) is 24.3 Å². The molecule has 0 aromatic heterocycles. The topological polar surface area (TPSA) is 24.5 Å². The van der Waals surface area contributed by atoms with Crippen molar-refractivity contribution in [2.75, 3.05) is 20.1 Å². The Morgan fingerprint density at radius 2 is 1.60 bits per heavy atom. The van der Waals surface area contributed by atoms with E-state index >= 15 is 0 Å². The molecule has 20 heavy (non-hydrogen) atoms. The monoisotopic (exact) mass is 276 g/mol. The molecule has 1 aliphatic rings. The van der Waals surface area contributed by atoms with Crippen molar-refractivity contribution in [1.82, 2.24) is 10.2 Å². The van der Waals surface area contributed by atoms with Crippen molar-refractivity contribution in [3.8, 4) is 0 Å². The number of hydrogen-bond donors (Lipinski definition) is 1. The van der Waals surface area contributed by atoms with Crippen LogP contribution >= 0.6 is 0 Å². The number of morpholine rings is 1. The van der Waals surface area contributed by atoms with E-state index in [-0.39, 0.29) is 11.2 Å². The predicted molar refractivity (Wildman–Crippen MR) is 83.7 cm³/mol. The molecular formula is C17H28N2O. The fourth-order valence-corrected chi connectivity index (χ4v) is 3.37. The molecule has 0 unspecified atom stereocenters. The second kappa shape index (κ2) is 5.84. The van der Waals surface area contributed by atoms with Gasteiger partial charge in [-0.15, -0.1) is 0 Å². The molecule has 112 valence electrons. The van der Waals surface area contributed by atoms with Crippen LogP contribution in [0.4, 0.5) is 0 Å². The van der Waals surface area contributed by atoms with E-state index in [9.17, 15) is 0 Å². The van der Waals surface area contributed by atoms with Gasteiger partial charge in [-0.3, -0.25) is 4.90 Å². The Bertz CT molecular complexity index is 438. The van der Waals surface area contributed by atoms with Crippen LogP contribution in [0.5, 0.6) is 0 Å². The van der Waals surface area contributed by atoms with Crippen molar-refractivity contribution in [3.63, 3.8) is 0 Å².